The van der Waals surface area contributed by atoms with Gasteiger partial charge < -0.3 is 4.90 Å². The lowest BCUT2D eigenvalue weighted by Gasteiger charge is -2.31. The van der Waals surface area contributed by atoms with Crippen molar-refractivity contribution in [3.8, 4) is 0 Å². The second-order valence-corrected chi connectivity index (χ2v) is 11.0. The molecule has 0 bridgehead atoms. The van der Waals surface area contributed by atoms with Crippen molar-refractivity contribution in [3.63, 3.8) is 0 Å². The van der Waals surface area contributed by atoms with E-state index in [1.54, 1.807) is 21.6 Å². The van der Waals surface area contributed by atoms with Crippen molar-refractivity contribution in [1.29, 1.82) is 0 Å². The van der Waals surface area contributed by atoms with E-state index in [1.165, 1.54) is 29.3 Å². The van der Waals surface area contributed by atoms with Crippen LogP contribution in [0, 0.1) is 0 Å². The molecule has 0 radical (unpaired) electrons. The molecule has 3 aromatic rings. The van der Waals surface area contributed by atoms with Gasteiger partial charge in [-0.25, -0.2) is 4.98 Å². The van der Waals surface area contributed by atoms with Gasteiger partial charge in [-0.2, -0.15) is 0 Å². The van der Waals surface area contributed by atoms with Crippen molar-refractivity contribution in [3.05, 3.63) is 80.6 Å². The third kappa shape index (κ3) is 4.08. The van der Waals surface area contributed by atoms with Crippen LogP contribution in [0.2, 0.25) is 0 Å². The van der Waals surface area contributed by atoms with Gasteiger partial charge in [0.2, 0.25) is 0 Å². The molecule has 0 unspecified atom stereocenters. The van der Waals surface area contributed by atoms with Crippen molar-refractivity contribution in [2.24, 2.45) is 0 Å². The largest absolute Gasteiger partial charge is 0.351 e. The summed E-state index contributed by atoms with van der Waals surface area (Å²) in [6.07, 6.45) is 9.76. The first-order chi connectivity index (χ1) is 17.1. The third-order valence-electron chi connectivity index (χ3n) is 7.22. The number of fused-ring (bicyclic) bond motifs is 2. The quantitative estimate of drug-likeness (QED) is 0.379. The minimum Gasteiger partial charge on any atom is -0.351 e. The van der Waals surface area contributed by atoms with Crippen molar-refractivity contribution in [2.45, 2.75) is 51.1 Å². The SMILES string of the molecule is O=C1C(=Cc2c(N3CCc4ccccc4C3)nc3ccccn3c2=O)SC(=S)N1C1CCCCC1. The second kappa shape index (κ2) is 9.24. The number of rotatable bonds is 3. The number of hydrogen-bond donors (Lipinski definition) is 0. The number of thiocarbonyl (C=S) groups is 1. The Hall–Kier alpha value is -2.97. The molecule has 4 heterocycles. The Kier molecular flexibility index (Phi) is 5.94. The molecular formula is C27H26N4O2S2. The smallest absolute Gasteiger partial charge is 0.267 e. The number of pyridine rings is 1. The topological polar surface area (TPSA) is 57.9 Å². The van der Waals surface area contributed by atoms with E-state index >= 15 is 0 Å². The fourth-order valence-electron chi connectivity index (χ4n) is 5.40. The van der Waals surface area contributed by atoms with Gasteiger partial charge in [-0.3, -0.25) is 18.9 Å². The van der Waals surface area contributed by atoms with Crippen LogP contribution in [0.15, 0.2) is 58.4 Å². The first-order valence-corrected chi connectivity index (χ1v) is 13.4. The Morgan fingerprint density at radius 1 is 1.00 bits per heavy atom. The molecule has 6 nitrogen and oxygen atoms in total. The Morgan fingerprint density at radius 2 is 1.77 bits per heavy atom. The van der Waals surface area contributed by atoms with Crippen LogP contribution in [-0.4, -0.2) is 37.1 Å². The van der Waals surface area contributed by atoms with Crippen LogP contribution < -0.4 is 10.5 Å². The third-order valence-corrected chi connectivity index (χ3v) is 8.55. The molecule has 1 saturated carbocycles. The fourth-order valence-corrected chi connectivity index (χ4v) is 6.78. The molecule has 1 saturated heterocycles. The van der Waals surface area contributed by atoms with Crippen molar-refractivity contribution in [1.82, 2.24) is 14.3 Å². The lowest BCUT2D eigenvalue weighted by atomic mass is 9.94. The number of hydrogen-bond acceptors (Lipinski definition) is 6. The van der Waals surface area contributed by atoms with Gasteiger partial charge in [0, 0.05) is 25.3 Å². The van der Waals surface area contributed by atoms with Crippen LogP contribution in [0.1, 0.15) is 48.8 Å². The molecule has 35 heavy (non-hydrogen) atoms. The van der Waals surface area contributed by atoms with Crippen molar-refractivity contribution in [2.75, 3.05) is 11.4 Å². The van der Waals surface area contributed by atoms with Crippen molar-refractivity contribution >= 4 is 51.7 Å². The number of nitrogens with zero attached hydrogens (tertiary/aromatic N) is 4. The maximum absolute atomic E-state index is 13.7. The number of carbonyl (C=O) groups is 1. The van der Waals surface area contributed by atoms with Crippen LogP contribution >= 0.6 is 24.0 Å². The maximum Gasteiger partial charge on any atom is 0.267 e. The molecule has 2 aliphatic heterocycles. The molecule has 2 aromatic heterocycles. The van der Waals surface area contributed by atoms with Gasteiger partial charge in [-0.05, 0) is 48.6 Å². The zero-order chi connectivity index (χ0) is 23.9. The molecular weight excluding hydrogens is 476 g/mol. The fraction of sp³-hybridized carbons (Fsp3) is 0.333. The zero-order valence-electron chi connectivity index (χ0n) is 19.4. The standard InChI is InChI=1S/C27H26N4O2S2/c32-25-21(16-22-26(33)31(27(34)35-22)20-10-2-1-3-11-20)24(28-23-12-6-7-14-30(23)25)29-15-13-18-8-4-5-9-19(18)17-29/h4-9,12,14,16,20H,1-3,10-11,13,15,17H2. The summed E-state index contributed by atoms with van der Waals surface area (Å²) in [5.41, 5.74) is 3.43. The first-order valence-electron chi connectivity index (χ1n) is 12.2. The molecule has 1 amide bonds. The highest BCUT2D eigenvalue weighted by molar-refractivity contribution is 8.26. The summed E-state index contributed by atoms with van der Waals surface area (Å²) in [5.74, 6) is 0.540. The minimum atomic E-state index is -0.174. The highest BCUT2D eigenvalue weighted by Gasteiger charge is 2.38. The monoisotopic (exact) mass is 502 g/mol. The lowest BCUT2D eigenvalue weighted by molar-refractivity contribution is -0.124. The van der Waals surface area contributed by atoms with E-state index in [0.717, 1.165) is 38.6 Å². The Morgan fingerprint density at radius 3 is 2.60 bits per heavy atom. The summed E-state index contributed by atoms with van der Waals surface area (Å²) < 4.78 is 2.14. The van der Waals surface area contributed by atoms with E-state index in [2.05, 4.69) is 23.1 Å². The predicted molar refractivity (Wildman–Crippen MR) is 145 cm³/mol. The molecule has 1 aliphatic carbocycles. The molecule has 6 rings (SSSR count). The average Bonchev–Trinajstić information content (AvgIpc) is 3.18. The van der Waals surface area contributed by atoms with Gasteiger partial charge in [-0.1, -0.05) is 73.6 Å². The van der Waals surface area contributed by atoms with Crippen LogP contribution in [0.5, 0.6) is 0 Å². The van der Waals surface area contributed by atoms with Gasteiger partial charge in [0.1, 0.15) is 15.8 Å². The number of anilines is 1. The Labute approximate surface area is 213 Å². The van der Waals surface area contributed by atoms with Crippen LogP contribution in [0.3, 0.4) is 0 Å². The first kappa shape index (κ1) is 22.5. The molecule has 178 valence electrons. The summed E-state index contributed by atoms with van der Waals surface area (Å²) in [5, 5.41) is 0. The van der Waals surface area contributed by atoms with Gasteiger partial charge in [0.25, 0.3) is 11.5 Å². The molecule has 0 spiro atoms. The summed E-state index contributed by atoms with van der Waals surface area (Å²) in [4.78, 5) is 36.5. The maximum atomic E-state index is 13.7. The molecule has 2 fully saturated rings. The second-order valence-electron chi connectivity index (χ2n) is 9.37. The van der Waals surface area contributed by atoms with Crippen molar-refractivity contribution < 1.29 is 4.79 Å². The van der Waals surface area contributed by atoms with Gasteiger partial charge in [0.15, 0.2) is 0 Å². The zero-order valence-corrected chi connectivity index (χ0v) is 21.0. The van der Waals surface area contributed by atoms with Gasteiger partial charge in [-0.15, -0.1) is 0 Å². The Bertz CT molecular complexity index is 1420. The summed E-state index contributed by atoms with van der Waals surface area (Å²) in [7, 11) is 0. The summed E-state index contributed by atoms with van der Waals surface area (Å²) >= 11 is 6.92. The highest BCUT2D eigenvalue weighted by Crippen LogP contribution is 2.38. The van der Waals surface area contributed by atoms with Crippen LogP contribution in [-0.2, 0) is 17.8 Å². The predicted octanol–water partition coefficient (Wildman–Crippen LogP) is 4.79. The number of aromatic nitrogens is 2. The van der Waals surface area contributed by atoms with E-state index < -0.39 is 0 Å². The molecule has 3 aliphatic rings. The molecule has 0 N–H and O–H groups in total. The van der Waals surface area contributed by atoms with Gasteiger partial charge >= 0.3 is 0 Å². The lowest BCUT2D eigenvalue weighted by Crippen LogP contribution is -2.39. The van der Waals surface area contributed by atoms with E-state index in [-0.39, 0.29) is 17.5 Å². The van der Waals surface area contributed by atoms with E-state index in [1.807, 2.05) is 24.3 Å². The molecule has 1 aromatic carbocycles. The highest BCUT2D eigenvalue weighted by atomic mass is 32.2. The Balaban J connectivity index is 1.43. The normalized spacial score (nSPS) is 20.2. The summed E-state index contributed by atoms with van der Waals surface area (Å²) in [6.45, 7) is 1.44. The number of benzene rings is 1. The number of amides is 1. The number of thioether (sulfide) groups is 1. The molecule has 0 atom stereocenters. The minimum absolute atomic E-state index is 0.0839. The van der Waals surface area contributed by atoms with Crippen LogP contribution in [0.25, 0.3) is 11.7 Å². The molecule has 8 heteroatoms. The van der Waals surface area contributed by atoms with Gasteiger partial charge in [0.05, 0.1) is 10.5 Å². The number of carbonyl (C=O) groups excluding carboxylic acids is 1. The van der Waals surface area contributed by atoms with E-state index in [4.69, 9.17) is 17.2 Å². The van der Waals surface area contributed by atoms with E-state index in [9.17, 15) is 9.59 Å². The summed E-state index contributed by atoms with van der Waals surface area (Å²) in [6, 6.07) is 14.1. The van der Waals surface area contributed by atoms with E-state index in [0.29, 0.717) is 32.8 Å². The average molecular weight is 503 g/mol. The van der Waals surface area contributed by atoms with Crippen LogP contribution in [0.4, 0.5) is 5.82 Å².